The van der Waals surface area contributed by atoms with Gasteiger partial charge in [0.25, 0.3) is 0 Å². The van der Waals surface area contributed by atoms with Crippen LogP contribution in [-0.4, -0.2) is 25.0 Å². The second-order valence-electron chi connectivity index (χ2n) is 6.05. The minimum absolute atomic E-state index is 0.536. The van der Waals surface area contributed by atoms with Crippen LogP contribution in [0.5, 0.6) is 0 Å². The van der Waals surface area contributed by atoms with Crippen LogP contribution < -0.4 is 0 Å². The van der Waals surface area contributed by atoms with Crippen LogP contribution >= 0.6 is 0 Å². The lowest BCUT2D eigenvalue weighted by Gasteiger charge is -2.21. The van der Waals surface area contributed by atoms with Gasteiger partial charge in [-0.15, -0.1) is 5.10 Å². The molecule has 0 amide bonds. The summed E-state index contributed by atoms with van der Waals surface area (Å²) in [5.74, 6) is 2.12. The van der Waals surface area contributed by atoms with Crippen molar-refractivity contribution in [2.45, 2.75) is 44.3 Å². The van der Waals surface area contributed by atoms with E-state index in [0.29, 0.717) is 5.75 Å². The van der Waals surface area contributed by atoms with Gasteiger partial charge < -0.3 is 0 Å². The average molecular weight is 317 g/mol. The Bertz CT molecular complexity index is 605. The number of hydrogen-bond donors (Lipinski definition) is 0. The molecule has 5 heteroatoms. The van der Waals surface area contributed by atoms with Crippen LogP contribution in [0.2, 0.25) is 0 Å². The van der Waals surface area contributed by atoms with Gasteiger partial charge in [0.15, 0.2) is 0 Å². The van der Waals surface area contributed by atoms with Gasteiger partial charge in [-0.3, -0.25) is 4.21 Å². The van der Waals surface area contributed by atoms with Crippen LogP contribution in [0.4, 0.5) is 0 Å². The molecule has 1 atom stereocenters. The Morgan fingerprint density at radius 3 is 2.68 bits per heavy atom. The molecular weight excluding hydrogens is 294 g/mol. The van der Waals surface area contributed by atoms with Gasteiger partial charge >= 0.3 is 0 Å². The van der Waals surface area contributed by atoms with Gasteiger partial charge in [-0.25, -0.2) is 4.68 Å². The first-order valence-electron chi connectivity index (χ1n) is 8.13. The molecule has 0 saturated heterocycles. The normalized spacial score (nSPS) is 17.5. The van der Waals surface area contributed by atoms with E-state index in [9.17, 15) is 4.21 Å². The summed E-state index contributed by atoms with van der Waals surface area (Å²) in [5.41, 5.74) is 1.90. The largest absolute Gasteiger partial charge is 0.259 e. The first kappa shape index (κ1) is 15.4. The summed E-state index contributed by atoms with van der Waals surface area (Å²) in [4.78, 5) is 0. The van der Waals surface area contributed by atoms with Crippen LogP contribution in [0.3, 0.4) is 0 Å². The quantitative estimate of drug-likeness (QED) is 0.819. The maximum absolute atomic E-state index is 12.4. The highest BCUT2D eigenvalue weighted by atomic mass is 32.2. The number of nitrogens with zero attached hydrogens (tertiary/aromatic N) is 3. The van der Waals surface area contributed by atoms with Crippen molar-refractivity contribution < 1.29 is 4.21 Å². The predicted octanol–water partition coefficient (Wildman–Crippen LogP) is 3.49. The Kier molecular flexibility index (Phi) is 5.38. The van der Waals surface area contributed by atoms with Crippen molar-refractivity contribution in [1.82, 2.24) is 15.0 Å². The van der Waals surface area contributed by atoms with Gasteiger partial charge in [0.1, 0.15) is 0 Å². The van der Waals surface area contributed by atoms with Crippen molar-refractivity contribution in [2.24, 2.45) is 5.92 Å². The number of para-hydroxylation sites is 1. The third-order valence-corrected chi connectivity index (χ3v) is 5.72. The maximum Gasteiger partial charge on any atom is 0.0770 e. The molecule has 1 aliphatic carbocycles. The van der Waals surface area contributed by atoms with Crippen molar-refractivity contribution >= 4 is 10.8 Å². The van der Waals surface area contributed by atoms with Crippen molar-refractivity contribution in [1.29, 1.82) is 0 Å². The third-order valence-electron chi connectivity index (χ3n) is 4.41. The zero-order valence-electron chi connectivity index (χ0n) is 12.9. The number of aromatic nitrogens is 3. The molecule has 3 rings (SSSR count). The summed E-state index contributed by atoms with van der Waals surface area (Å²) >= 11 is 0. The molecule has 1 aliphatic rings. The van der Waals surface area contributed by atoms with Gasteiger partial charge in [-0.05, 0) is 24.5 Å². The number of rotatable bonds is 6. The van der Waals surface area contributed by atoms with E-state index >= 15 is 0 Å². The molecule has 0 aliphatic heterocycles. The molecule has 1 aromatic heterocycles. The molecule has 1 heterocycles. The molecule has 118 valence electrons. The van der Waals surface area contributed by atoms with Crippen LogP contribution in [-0.2, 0) is 16.6 Å². The van der Waals surface area contributed by atoms with Crippen LogP contribution in [0.15, 0.2) is 36.5 Å². The zero-order chi connectivity index (χ0) is 15.2. The first-order chi connectivity index (χ1) is 10.8. The SMILES string of the molecule is O=S(CCC1CCCCC1)Cc1cnnn1-c1ccccc1. The molecule has 1 aromatic carbocycles. The lowest BCUT2D eigenvalue weighted by Crippen LogP contribution is -2.12. The fourth-order valence-corrected chi connectivity index (χ4v) is 4.42. The van der Waals surface area contributed by atoms with E-state index in [0.717, 1.165) is 29.5 Å². The Balaban J connectivity index is 1.57. The van der Waals surface area contributed by atoms with Crippen molar-refractivity contribution in [2.75, 3.05) is 5.75 Å². The van der Waals surface area contributed by atoms with Crippen LogP contribution in [0.1, 0.15) is 44.2 Å². The summed E-state index contributed by atoms with van der Waals surface area (Å²) in [7, 11) is -0.836. The van der Waals surface area contributed by atoms with Crippen LogP contribution in [0.25, 0.3) is 5.69 Å². The van der Waals surface area contributed by atoms with E-state index in [1.807, 2.05) is 30.3 Å². The molecule has 1 unspecified atom stereocenters. The second kappa shape index (κ2) is 7.68. The Hall–Kier alpha value is -1.49. The average Bonchev–Trinajstić information content (AvgIpc) is 3.03. The minimum Gasteiger partial charge on any atom is -0.259 e. The van der Waals surface area contributed by atoms with Gasteiger partial charge in [-0.2, -0.15) is 0 Å². The Morgan fingerprint density at radius 2 is 1.91 bits per heavy atom. The molecule has 0 spiro atoms. The standard InChI is InChI=1S/C17H23N3OS/c21-22(12-11-15-7-3-1-4-8-15)14-17-13-18-19-20(17)16-9-5-2-6-10-16/h2,5-6,9-10,13,15H,1,3-4,7-8,11-12,14H2. The fraction of sp³-hybridized carbons (Fsp3) is 0.529. The molecule has 0 bridgehead atoms. The molecule has 1 fully saturated rings. The molecule has 1 saturated carbocycles. The first-order valence-corrected chi connectivity index (χ1v) is 9.62. The van der Waals surface area contributed by atoms with Gasteiger partial charge in [0, 0.05) is 16.6 Å². The lowest BCUT2D eigenvalue weighted by atomic mass is 9.88. The monoisotopic (exact) mass is 317 g/mol. The molecule has 0 N–H and O–H groups in total. The van der Waals surface area contributed by atoms with Crippen molar-refractivity contribution in [3.63, 3.8) is 0 Å². The van der Waals surface area contributed by atoms with E-state index < -0.39 is 10.8 Å². The summed E-state index contributed by atoms with van der Waals surface area (Å²) in [6, 6.07) is 9.90. The highest BCUT2D eigenvalue weighted by Crippen LogP contribution is 2.26. The molecule has 2 aromatic rings. The zero-order valence-corrected chi connectivity index (χ0v) is 13.7. The van der Waals surface area contributed by atoms with E-state index in [2.05, 4.69) is 10.3 Å². The molecule has 4 nitrogen and oxygen atoms in total. The Morgan fingerprint density at radius 1 is 1.14 bits per heavy atom. The molecular formula is C17H23N3OS. The second-order valence-corrected chi connectivity index (χ2v) is 7.63. The molecule has 0 radical (unpaired) electrons. The summed E-state index contributed by atoms with van der Waals surface area (Å²) < 4.78 is 14.2. The third kappa shape index (κ3) is 4.03. The highest BCUT2D eigenvalue weighted by molar-refractivity contribution is 7.84. The van der Waals surface area contributed by atoms with Crippen LogP contribution in [0, 0.1) is 5.92 Å². The highest BCUT2D eigenvalue weighted by Gasteiger charge is 2.15. The maximum atomic E-state index is 12.4. The minimum atomic E-state index is -0.836. The lowest BCUT2D eigenvalue weighted by molar-refractivity contribution is 0.351. The smallest absolute Gasteiger partial charge is 0.0770 e. The van der Waals surface area contributed by atoms with Crippen molar-refractivity contribution in [3.05, 3.63) is 42.2 Å². The fourth-order valence-electron chi connectivity index (χ4n) is 3.15. The van der Waals surface area contributed by atoms with E-state index in [4.69, 9.17) is 0 Å². The van der Waals surface area contributed by atoms with Gasteiger partial charge in [0.2, 0.25) is 0 Å². The van der Waals surface area contributed by atoms with E-state index in [1.54, 1.807) is 10.9 Å². The summed E-state index contributed by atoms with van der Waals surface area (Å²) in [5, 5.41) is 8.10. The van der Waals surface area contributed by atoms with E-state index in [1.165, 1.54) is 32.1 Å². The summed E-state index contributed by atoms with van der Waals surface area (Å²) in [6.07, 6.45) is 9.54. The van der Waals surface area contributed by atoms with Gasteiger partial charge in [-0.1, -0.05) is 55.5 Å². The molecule has 22 heavy (non-hydrogen) atoms. The number of hydrogen-bond acceptors (Lipinski definition) is 3. The number of benzene rings is 1. The van der Waals surface area contributed by atoms with Crippen molar-refractivity contribution in [3.8, 4) is 5.69 Å². The van der Waals surface area contributed by atoms with E-state index in [-0.39, 0.29) is 0 Å². The topological polar surface area (TPSA) is 47.8 Å². The summed E-state index contributed by atoms with van der Waals surface area (Å²) in [6.45, 7) is 0. The Labute approximate surface area is 134 Å². The van der Waals surface area contributed by atoms with Gasteiger partial charge in [0.05, 0.1) is 23.3 Å². The predicted molar refractivity (Wildman–Crippen MR) is 89.3 cm³/mol.